The number of anilines is 1. The van der Waals surface area contributed by atoms with Crippen LogP contribution in [0.5, 0.6) is 17.4 Å². The first-order chi connectivity index (χ1) is 10.2. The maximum absolute atomic E-state index is 5.29. The van der Waals surface area contributed by atoms with Gasteiger partial charge in [0.25, 0.3) is 0 Å². The van der Waals surface area contributed by atoms with Gasteiger partial charge >= 0.3 is 0 Å². The molecule has 1 heterocycles. The van der Waals surface area contributed by atoms with Gasteiger partial charge in [-0.05, 0) is 24.6 Å². The van der Waals surface area contributed by atoms with Crippen molar-refractivity contribution in [2.45, 2.75) is 13.5 Å². The molecular formula is C15H19N3O3. The second kappa shape index (κ2) is 6.78. The number of ether oxygens (including phenoxy) is 3. The number of hydrogen-bond acceptors (Lipinski definition) is 6. The summed E-state index contributed by atoms with van der Waals surface area (Å²) in [6.07, 6.45) is 1.47. The van der Waals surface area contributed by atoms with Crippen molar-refractivity contribution in [1.82, 2.24) is 9.97 Å². The molecule has 0 radical (unpaired) electrons. The number of rotatable bonds is 6. The molecule has 1 N–H and O–H groups in total. The lowest BCUT2D eigenvalue weighted by Crippen LogP contribution is -2.05. The number of methoxy groups -OCH3 is 3. The first-order valence-electron chi connectivity index (χ1n) is 6.50. The Morgan fingerprint density at radius 1 is 1.00 bits per heavy atom. The van der Waals surface area contributed by atoms with Crippen LogP contribution in [-0.2, 0) is 6.54 Å². The summed E-state index contributed by atoms with van der Waals surface area (Å²) in [6.45, 7) is 2.52. The first-order valence-corrected chi connectivity index (χ1v) is 6.50. The third-order valence-electron chi connectivity index (χ3n) is 3.14. The van der Waals surface area contributed by atoms with Crippen LogP contribution >= 0.6 is 0 Å². The van der Waals surface area contributed by atoms with Crippen molar-refractivity contribution in [2.75, 3.05) is 26.6 Å². The van der Waals surface area contributed by atoms with Crippen LogP contribution in [0.25, 0.3) is 0 Å². The van der Waals surface area contributed by atoms with E-state index in [2.05, 4.69) is 15.3 Å². The van der Waals surface area contributed by atoms with Crippen molar-refractivity contribution >= 4 is 5.82 Å². The molecule has 1 aromatic heterocycles. The van der Waals surface area contributed by atoms with Crippen molar-refractivity contribution in [2.24, 2.45) is 0 Å². The Labute approximate surface area is 124 Å². The Morgan fingerprint density at radius 3 is 2.43 bits per heavy atom. The normalized spacial score (nSPS) is 10.1. The zero-order chi connectivity index (χ0) is 15.2. The Balaban J connectivity index is 2.13. The van der Waals surface area contributed by atoms with E-state index in [1.807, 2.05) is 25.1 Å². The summed E-state index contributed by atoms with van der Waals surface area (Å²) < 4.78 is 15.7. The second-order valence-electron chi connectivity index (χ2n) is 4.40. The molecule has 0 saturated carbocycles. The summed E-state index contributed by atoms with van der Waals surface area (Å²) >= 11 is 0. The lowest BCUT2D eigenvalue weighted by molar-refractivity contribution is 0.354. The number of nitrogens with zero attached hydrogens (tertiary/aromatic N) is 2. The van der Waals surface area contributed by atoms with Gasteiger partial charge in [0.1, 0.15) is 12.1 Å². The lowest BCUT2D eigenvalue weighted by Gasteiger charge is -2.12. The lowest BCUT2D eigenvalue weighted by atomic mass is 10.2. The van der Waals surface area contributed by atoms with Gasteiger partial charge in [0.05, 0.1) is 26.9 Å². The van der Waals surface area contributed by atoms with Crippen LogP contribution in [-0.4, -0.2) is 31.3 Å². The number of aromatic nitrogens is 2. The van der Waals surface area contributed by atoms with Crippen molar-refractivity contribution in [1.29, 1.82) is 0 Å². The summed E-state index contributed by atoms with van der Waals surface area (Å²) in [5.74, 6) is 2.73. The van der Waals surface area contributed by atoms with Gasteiger partial charge in [-0.3, -0.25) is 0 Å². The van der Waals surface area contributed by atoms with Crippen molar-refractivity contribution in [3.05, 3.63) is 35.7 Å². The predicted molar refractivity (Wildman–Crippen MR) is 80.2 cm³/mol. The molecule has 0 spiro atoms. The van der Waals surface area contributed by atoms with Crippen molar-refractivity contribution in [3.63, 3.8) is 0 Å². The summed E-state index contributed by atoms with van der Waals surface area (Å²) in [7, 11) is 4.83. The fraction of sp³-hybridized carbons (Fsp3) is 0.333. The largest absolute Gasteiger partial charge is 0.493 e. The molecule has 0 amide bonds. The van der Waals surface area contributed by atoms with Crippen LogP contribution in [0.1, 0.15) is 11.1 Å². The van der Waals surface area contributed by atoms with Crippen LogP contribution in [0.15, 0.2) is 24.5 Å². The Bertz CT molecular complexity index is 617. The Hall–Kier alpha value is -2.50. The third kappa shape index (κ3) is 3.34. The summed E-state index contributed by atoms with van der Waals surface area (Å²) in [5.41, 5.74) is 1.94. The van der Waals surface area contributed by atoms with Gasteiger partial charge in [-0.15, -0.1) is 0 Å². The Kier molecular flexibility index (Phi) is 4.81. The SMILES string of the molecule is COc1ccc(CNc2ncnc(OC)c2C)cc1OC. The van der Waals surface area contributed by atoms with Crippen LogP contribution < -0.4 is 19.5 Å². The van der Waals surface area contributed by atoms with Gasteiger partial charge in [0.2, 0.25) is 5.88 Å². The van der Waals surface area contributed by atoms with Gasteiger partial charge in [0.15, 0.2) is 11.5 Å². The summed E-state index contributed by atoms with van der Waals surface area (Å²) in [4.78, 5) is 8.27. The minimum atomic E-state index is 0.569. The van der Waals surface area contributed by atoms with Gasteiger partial charge < -0.3 is 19.5 Å². The molecule has 112 valence electrons. The van der Waals surface area contributed by atoms with Crippen molar-refractivity contribution < 1.29 is 14.2 Å². The van der Waals surface area contributed by atoms with Crippen LogP contribution in [0, 0.1) is 6.92 Å². The molecule has 6 heteroatoms. The Morgan fingerprint density at radius 2 is 1.76 bits per heavy atom. The number of hydrogen-bond donors (Lipinski definition) is 1. The molecule has 21 heavy (non-hydrogen) atoms. The molecular weight excluding hydrogens is 270 g/mol. The van der Waals surface area contributed by atoms with E-state index in [1.165, 1.54) is 6.33 Å². The van der Waals surface area contributed by atoms with E-state index in [0.29, 0.717) is 23.9 Å². The molecule has 2 aromatic rings. The smallest absolute Gasteiger partial charge is 0.221 e. The molecule has 0 aliphatic rings. The van der Waals surface area contributed by atoms with Crippen LogP contribution in [0.4, 0.5) is 5.82 Å². The van der Waals surface area contributed by atoms with E-state index < -0.39 is 0 Å². The van der Waals surface area contributed by atoms with Gasteiger partial charge in [-0.25, -0.2) is 9.97 Å². The van der Waals surface area contributed by atoms with E-state index in [1.54, 1.807) is 21.3 Å². The highest BCUT2D eigenvalue weighted by Crippen LogP contribution is 2.28. The zero-order valence-corrected chi connectivity index (χ0v) is 12.6. The van der Waals surface area contributed by atoms with Crippen LogP contribution in [0.2, 0.25) is 0 Å². The molecule has 0 atom stereocenters. The first kappa shape index (κ1) is 14.9. The average Bonchev–Trinajstić information content (AvgIpc) is 2.53. The molecule has 1 aromatic carbocycles. The highest BCUT2D eigenvalue weighted by molar-refractivity contribution is 5.49. The molecule has 0 aliphatic heterocycles. The molecule has 2 rings (SSSR count). The average molecular weight is 289 g/mol. The van der Waals surface area contributed by atoms with Gasteiger partial charge in [-0.1, -0.05) is 6.07 Å². The standard InChI is InChI=1S/C15H19N3O3/c1-10-14(17-9-18-15(10)21-4)16-8-11-5-6-12(19-2)13(7-11)20-3/h5-7,9H,8H2,1-4H3,(H,16,17,18). The van der Waals surface area contributed by atoms with Gasteiger partial charge in [0, 0.05) is 6.54 Å². The van der Waals surface area contributed by atoms with E-state index in [0.717, 1.165) is 16.9 Å². The fourth-order valence-electron chi connectivity index (χ4n) is 1.99. The number of nitrogens with one attached hydrogen (secondary N) is 1. The monoisotopic (exact) mass is 289 g/mol. The quantitative estimate of drug-likeness (QED) is 0.881. The fourth-order valence-corrected chi connectivity index (χ4v) is 1.99. The highest BCUT2D eigenvalue weighted by Gasteiger charge is 2.08. The molecule has 0 fully saturated rings. The topological polar surface area (TPSA) is 65.5 Å². The van der Waals surface area contributed by atoms with E-state index in [4.69, 9.17) is 14.2 Å². The highest BCUT2D eigenvalue weighted by atomic mass is 16.5. The van der Waals surface area contributed by atoms with E-state index in [-0.39, 0.29) is 0 Å². The number of benzene rings is 1. The maximum atomic E-state index is 5.29. The van der Waals surface area contributed by atoms with Gasteiger partial charge in [-0.2, -0.15) is 0 Å². The molecule has 0 unspecified atom stereocenters. The maximum Gasteiger partial charge on any atom is 0.221 e. The molecule has 0 bridgehead atoms. The van der Waals surface area contributed by atoms with Crippen LogP contribution in [0.3, 0.4) is 0 Å². The van der Waals surface area contributed by atoms with E-state index in [9.17, 15) is 0 Å². The summed E-state index contributed by atoms with van der Waals surface area (Å²) in [6, 6.07) is 5.78. The molecule has 6 nitrogen and oxygen atoms in total. The minimum Gasteiger partial charge on any atom is -0.493 e. The van der Waals surface area contributed by atoms with Crippen molar-refractivity contribution in [3.8, 4) is 17.4 Å². The zero-order valence-electron chi connectivity index (χ0n) is 12.6. The predicted octanol–water partition coefficient (Wildman–Crippen LogP) is 2.42. The molecule has 0 aliphatic carbocycles. The summed E-state index contributed by atoms with van der Waals surface area (Å²) in [5, 5.41) is 3.27. The molecule has 0 saturated heterocycles. The van der Waals surface area contributed by atoms with E-state index >= 15 is 0 Å². The third-order valence-corrected chi connectivity index (χ3v) is 3.14. The minimum absolute atomic E-state index is 0.569. The second-order valence-corrected chi connectivity index (χ2v) is 4.40.